The molecular weight excluding hydrogens is 186 g/mol. The first-order valence-electron chi connectivity index (χ1n) is 3.95. The topological polar surface area (TPSA) is 41.6 Å². The summed E-state index contributed by atoms with van der Waals surface area (Å²) < 4.78 is 0. The van der Waals surface area contributed by atoms with Crippen molar-refractivity contribution in [2.45, 2.75) is 6.42 Å². The smallest absolute Gasteiger partial charge is 0.174 e. The SMILES string of the molecule is Clc1nn[nH]c1Cc1ccccc1. The molecule has 0 radical (unpaired) electrons. The van der Waals surface area contributed by atoms with Gasteiger partial charge in [0.05, 0.1) is 5.69 Å². The van der Waals surface area contributed by atoms with Gasteiger partial charge in [0.25, 0.3) is 0 Å². The van der Waals surface area contributed by atoms with Crippen LogP contribution < -0.4 is 0 Å². The number of hydrogen-bond acceptors (Lipinski definition) is 2. The monoisotopic (exact) mass is 193 g/mol. The van der Waals surface area contributed by atoms with Crippen molar-refractivity contribution in [1.82, 2.24) is 15.4 Å². The Morgan fingerprint density at radius 3 is 2.62 bits per heavy atom. The predicted octanol–water partition coefficient (Wildman–Crippen LogP) is 2.05. The lowest BCUT2D eigenvalue weighted by atomic mass is 10.1. The molecule has 0 unspecified atom stereocenters. The van der Waals surface area contributed by atoms with Gasteiger partial charge in [-0.05, 0) is 5.56 Å². The van der Waals surface area contributed by atoms with Crippen LogP contribution in [-0.4, -0.2) is 15.4 Å². The molecule has 2 aromatic rings. The summed E-state index contributed by atoms with van der Waals surface area (Å²) in [7, 11) is 0. The van der Waals surface area contributed by atoms with Gasteiger partial charge in [0.15, 0.2) is 5.15 Å². The average Bonchev–Trinajstić information content (AvgIpc) is 2.54. The molecule has 66 valence electrons. The Morgan fingerprint density at radius 1 is 1.23 bits per heavy atom. The number of hydrogen-bond donors (Lipinski definition) is 1. The predicted molar refractivity (Wildman–Crippen MR) is 50.6 cm³/mol. The first-order valence-corrected chi connectivity index (χ1v) is 4.33. The summed E-state index contributed by atoms with van der Waals surface area (Å²) in [4.78, 5) is 0. The van der Waals surface area contributed by atoms with Crippen LogP contribution in [0.4, 0.5) is 0 Å². The number of benzene rings is 1. The highest BCUT2D eigenvalue weighted by atomic mass is 35.5. The Hall–Kier alpha value is -1.35. The van der Waals surface area contributed by atoms with E-state index in [1.807, 2.05) is 30.3 Å². The number of rotatable bonds is 2. The van der Waals surface area contributed by atoms with Crippen molar-refractivity contribution >= 4 is 11.6 Å². The quantitative estimate of drug-likeness (QED) is 0.793. The Labute approximate surface area is 80.7 Å². The lowest BCUT2D eigenvalue weighted by Gasteiger charge is -1.96. The van der Waals surface area contributed by atoms with Crippen LogP contribution in [0.5, 0.6) is 0 Å². The van der Waals surface area contributed by atoms with E-state index in [4.69, 9.17) is 11.6 Å². The molecule has 0 aliphatic carbocycles. The van der Waals surface area contributed by atoms with Crippen molar-refractivity contribution in [3.63, 3.8) is 0 Å². The van der Waals surface area contributed by atoms with Crippen molar-refractivity contribution < 1.29 is 0 Å². The molecule has 3 nitrogen and oxygen atoms in total. The molecule has 13 heavy (non-hydrogen) atoms. The van der Waals surface area contributed by atoms with Gasteiger partial charge in [-0.2, -0.15) is 0 Å². The standard InChI is InChI=1S/C9H8ClN3/c10-9-8(11-13-12-9)6-7-4-2-1-3-5-7/h1-5H,6H2,(H,11,12,13). The third-order valence-electron chi connectivity index (χ3n) is 1.80. The Morgan fingerprint density at radius 2 is 2.00 bits per heavy atom. The third-order valence-corrected chi connectivity index (χ3v) is 2.10. The van der Waals surface area contributed by atoms with Crippen molar-refractivity contribution in [2.75, 3.05) is 0 Å². The minimum absolute atomic E-state index is 0.448. The molecule has 0 atom stereocenters. The molecule has 0 saturated heterocycles. The second-order valence-corrected chi connectivity index (χ2v) is 3.10. The summed E-state index contributed by atoms with van der Waals surface area (Å²) in [5.74, 6) is 0. The second kappa shape index (κ2) is 3.58. The van der Waals surface area contributed by atoms with Crippen LogP contribution in [-0.2, 0) is 6.42 Å². The van der Waals surface area contributed by atoms with Gasteiger partial charge in [0.1, 0.15) is 0 Å². The maximum absolute atomic E-state index is 5.78. The van der Waals surface area contributed by atoms with Crippen LogP contribution in [0, 0.1) is 0 Å². The minimum atomic E-state index is 0.448. The summed E-state index contributed by atoms with van der Waals surface area (Å²) >= 11 is 5.78. The molecule has 1 heterocycles. The van der Waals surface area contributed by atoms with E-state index in [2.05, 4.69) is 15.4 Å². The summed E-state index contributed by atoms with van der Waals surface area (Å²) in [6.45, 7) is 0. The fourth-order valence-electron chi connectivity index (χ4n) is 1.15. The van der Waals surface area contributed by atoms with Gasteiger partial charge in [0, 0.05) is 6.42 Å². The van der Waals surface area contributed by atoms with E-state index in [0.29, 0.717) is 5.15 Å². The molecule has 0 amide bonds. The molecule has 0 spiro atoms. The van der Waals surface area contributed by atoms with Gasteiger partial charge in [-0.3, -0.25) is 5.10 Å². The molecule has 1 aromatic carbocycles. The number of aromatic amines is 1. The Balaban J connectivity index is 2.20. The second-order valence-electron chi connectivity index (χ2n) is 2.74. The Kier molecular flexibility index (Phi) is 2.27. The van der Waals surface area contributed by atoms with Crippen LogP contribution in [0.15, 0.2) is 30.3 Å². The first-order chi connectivity index (χ1) is 6.36. The van der Waals surface area contributed by atoms with Crippen molar-refractivity contribution in [3.05, 3.63) is 46.7 Å². The van der Waals surface area contributed by atoms with E-state index in [1.54, 1.807) is 0 Å². The minimum Gasteiger partial charge on any atom is -0.260 e. The van der Waals surface area contributed by atoms with E-state index < -0.39 is 0 Å². The molecule has 0 aliphatic rings. The summed E-state index contributed by atoms with van der Waals surface area (Å²) in [5, 5.41) is 10.5. The zero-order valence-electron chi connectivity index (χ0n) is 6.87. The average molecular weight is 194 g/mol. The van der Waals surface area contributed by atoms with Gasteiger partial charge in [0.2, 0.25) is 0 Å². The molecule has 1 aromatic heterocycles. The van der Waals surface area contributed by atoms with E-state index in [9.17, 15) is 0 Å². The lowest BCUT2D eigenvalue weighted by molar-refractivity contribution is 0.915. The van der Waals surface area contributed by atoms with Gasteiger partial charge >= 0.3 is 0 Å². The largest absolute Gasteiger partial charge is 0.260 e. The zero-order valence-corrected chi connectivity index (χ0v) is 7.62. The maximum Gasteiger partial charge on any atom is 0.174 e. The molecule has 0 saturated carbocycles. The van der Waals surface area contributed by atoms with E-state index in [1.165, 1.54) is 5.56 Å². The molecule has 2 rings (SSSR count). The number of nitrogens with one attached hydrogen (secondary N) is 1. The van der Waals surface area contributed by atoms with Crippen LogP contribution >= 0.6 is 11.6 Å². The molecular formula is C9H8ClN3. The Bertz CT molecular complexity index is 383. The van der Waals surface area contributed by atoms with E-state index in [-0.39, 0.29) is 0 Å². The molecule has 4 heteroatoms. The normalized spacial score (nSPS) is 10.2. The van der Waals surface area contributed by atoms with Gasteiger partial charge in [-0.1, -0.05) is 47.1 Å². The van der Waals surface area contributed by atoms with E-state index in [0.717, 1.165) is 12.1 Å². The number of aromatic nitrogens is 3. The number of halogens is 1. The summed E-state index contributed by atoms with van der Waals surface area (Å²) in [6.07, 6.45) is 0.743. The molecule has 1 N–H and O–H groups in total. The van der Waals surface area contributed by atoms with Gasteiger partial charge < -0.3 is 0 Å². The summed E-state index contributed by atoms with van der Waals surface area (Å²) in [6, 6.07) is 10.0. The van der Waals surface area contributed by atoms with Crippen molar-refractivity contribution in [2.24, 2.45) is 0 Å². The highest BCUT2D eigenvalue weighted by Gasteiger charge is 2.03. The lowest BCUT2D eigenvalue weighted by Crippen LogP contribution is -1.88. The third kappa shape index (κ3) is 1.87. The molecule has 0 bridgehead atoms. The van der Waals surface area contributed by atoms with Crippen molar-refractivity contribution in [1.29, 1.82) is 0 Å². The van der Waals surface area contributed by atoms with Crippen molar-refractivity contribution in [3.8, 4) is 0 Å². The number of H-pyrrole nitrogens is 1. The molecule has 0 fully saturated rings. The zero-order chi connectivity index (χ0) is 9.10. The number of nitrogens with zero attached hydrogens (tertiary/aromatic N) is 2. The van der Waals surface area contributed by atoms with Gasteiger partial charge in [-0.15, -0.1) is 5.10 Å². The van der Waals surface area contributed by atoms with Gasteiger partial charge in [-0.25, -0.2) is 0 Å². The van der Waals surface area contributed by atoms with Crippen LogP contribution in [0.2, 0.25) is 5.15 Å². The fourth-order valence-corrected chi connectivity index (χ4v) is 1.30. The van der Waals surface area contributed by atoms with Crippen LogP contribution in [0.25, 0.3) is 0 Å². The highest BCUT2D eigenvalue weighted by Crippen LogP contribution is 2.13. The first kappa shape index (κ1) is 8.26. The maximum atomic E-state index is 5.78. The van der Waals surface area contributed by atoms with Crippen LogP contribution in [0.3, 0.4) is 0 Å². The highest BCUT2D eigenvalue weighted by molar-refractivity contribution is 6.29. The summed E-state index contributed by atoms with van der Waals surface area (Å²) in [5.41, 5.74) is 2.04. The fraction of sp³-hybridized carbons (Fsp3) is 0.111. The molecule has 0 aliphatic heterocycles. The van der Waals surface area contributed by atoms with Crippen LogP contribution in [0.1, 0.15) is 11.3 Å². The van der Waals surface area contributed by atoms with E-state index >= 15 is 0 Å².